The molecule has 0 saturated carbocycles. The highest BCUT2D eigenvalue weighted by Gasteiger charge is 2.25. The van der Waals surface area contributed by atoms with Crippen LogP contribution in [0.15, 0.2) is 0 Å². The quantitative estimate of drug-likeness (QED) is 0.221. The van der Waals surface area contributed by atoms with Crippen molar-refractivity contribution in [2.75, 3.05) is 19.8 Å². The molecule has 0 rings (SSSR count). The minimum atomic E-state index is 0.0273. The Hall–Kier alpha value is -0.120. The minimum absolute atomic E-state index is 0.0273. The zero-order valence-electron chi connectivity index (χ0n) is 25.8. The third-order valence-corrected chi connectivity index (χ3v) is 6.50. The lowest BCUT2D eigenvalue weighted by atomic mass is 10.0. The van der Waals surface area contributed by atoms with E-state index in [1.165, 1.54) is 19.3 Å². The van der Waals surface area contributed by atoms with Gasteiger partial charge in [-0.05, 0) is 85.0 Å². The molecule has 204 valence electrons. The first-order chi connectivity index (χ1) is 15.0. The van der Waals surface area contributed by atoms with E-state index in [1.807, 2.05) is 0 Å². The first-order valence-corrected chi connectivity index (χ1v) is 13.9. The van der Waals surface area contributed by atoms with Crippen LogP contribution in [-0.4, -0.2) is 36.6 Å². The number of rotatable bonds is 15. The molecule has 3 nitrogen and oxygen atoms in total. The Morgan fingerprint density at radius 3 is 1.30 bits per heavy atom. The van der Waals surface area contributed by atoms with Crippen LogP contribution in [0.4, 0.5) is 0 Å². The molecule has 0 fully saturated rings. The molecule has 0 aromatic rings. The summed E-state index contributed by atoms with van der Waals surface area (Å²) in [5.41, 5.74) is 0.127. The molecule has 0 amide bonds. The Bertz CT molecular complexity index is 399. The number of hydrogen-bond donors (Lipinski definition) is 0. The molecule has 0 aromatic carbocycles. The molecule has 0 radical (unpaired) electrons. The Morgan fingerprint density at radius 1 is 0.576 bits per heavy atom. The molecule has 0 N–H and O–H groups in total. The van der Waals surface area contributed by atoms with Crippen LogP contribution in [0.25, 0.3) is 0 Å². The van der Waals surface area contributed by atoms with Crippen LogP contribution in [0.3, 0.4) is 0 Å². The fourth-order valence-electron chi connectivity index (χ4n) is 2.20. The summed E-state index contributed by atoms with van der Waals surface area (Å²) in [6, 6.07) is 0. The number of ether oxygens (including phenoxy) is 3. The van der Waals surface area contributed by atoms with Gasteiger partial charge in [0.05, 0.1) is 16.8 Å². The van der Waals surface area contributed by atoms with Gasteiger partial charge in [0.25, 0.3) is 0 Å². The summed E-state index contributed by atoms with van der Waals surface area (Å²) in [5.74, 6) is 2.19. The summed E-state index contributed by atoms with van der Waals surface area (Å²) in [6.07, 6.45) is 6.84. The first-order valence-electron chi connectivity index (χ1n) is 13.9. The molecule has 0 spiro atoms. The van der Waals surface area contributed by atoms with Crippen molar-refractivity contribution in [1.29, 1.82) is 0 Å². The lowest BCUT2D eigenvalue weighted by Crippen LogP contribution is -2.35. The van der Waals surface area contributed by atoms with E-state index in [1.54, 1.807) is 0 Å². The lowest BCUT2D eigenvalue weighted by molar-refractivity contribution is -0.124. The van der Waals surface area contributed by atoms with Crippen LogP contribution in [0.1, 0.15) is 142 Å². The first kappa shape index (κ1) is 37.4. The van der Waals surface area contributed by atoms with Gasteiger partial charge in [-0.15, -0.1) is 0 Å². The summed E-state index contributed by atoms with van der Waals surface area (Å²) in [6.45, 7) is 35.4. The van der Waals surface area contributed by atoms with E-state index in [0.717, 1.165) is 50.9 Å². The molecule has 0 heterocycles. The summed E-state index contributed by atoms with van der Waals surface area (Å²) in [5, 5.41) is 0. The molecule has 2 atom stereocenters. The Morgan fingerprint density at radius 2 is 0.970 bits per heavy atom. The summed E-state index contributed by atoms with van der Waals surface area (Å²) < 4.78 is 17.2. The monoisotopic (exact) mass is 475 g/mol. The predicted octanol–water partition coefficient (Wildman–Crippen LogP) is 9.71. The van der Waals surface area contributed by atoms with Gasteiger partial charge in [-0.25, -0.2) is 0 Å². The fourth-order valence-corrected chi connectivity index (χ4v) is 2.20. The van der Waals surface area contributed by atoms with Crippen molar-refractivity contribution < 1.29 is 14.2 Å². The highest BCUT2D eigenvalue weighted by molar-refractivity contribution is 4.74. The zero-order chi connectivity index (χ0) is 26.7. The predicted molar refractivity (Wildman–Crippen MR) is 149 cm³/mol. The van der Waals surface area contributed by atoms with Gasteiger partial charge in [0.2, 0.25) is 0 Å². The summed E-state index contributed by atoms with van der Waals surface area (Å²) in [7, 11) is 0. The van der Waals surface area contributed by atoms with E-state index >= 15 is 0 Å². The summed E-state index contributed by atoms with van der Waals surface area (Å²) >= 11 is 0. The van der Waals surface area contributed by atoms with Crippen LogP contribution >= 0.6 is 0 Å². The second kappa shape index (κ2) is 20.1. The maximum atomic E-state index is 5.92. The van der Waals surface area contributed by atoms with E-state index in [4.69, 9.17) is 14.2 Å². The molecule has 0 aliphatic carbocycles. The number of hydrogen-bond acceptors (Lipinski definition) is 3. The third kappa shape index (κ3) is 28.0. The lowest BCUT2D eigenvalue weighted by Gasteiger charge is -2.34. The molecular weight excluding hydrogens is 408 g/mol. The molecule has 0 aliphatic heterocycles. The molecule has 3 heteroatoms. The van der Waals surface area contributed by atoms with E-state index in [0.29, 0.717) is 5.92 Å². The van der Waals surface area contributed by atoms with Gasteiger partial charge in [0, 0.05) is 19.8 Å². The largest absolute Gasteiger partial charge is 0.381 e. The minimum Gasteiger partial charge on any atom is -0.381 e. The Labute approximate surface area is 211 Å². The highest BCUT2D eigenvalue weighted by Crippen LogP contribution is 2.24. The SMILES string of the molecule is CCC(C)(C)OC(C)(C)CC.CCC(C)COC(C)(C)CC.CCC(C)COCCC(C)C. The van der Waals surface area contributed by atoms with Gasteiger partial charge in [0.1, 0.15) is 0 Å². The summed E-state index contributed by atoms with van der Waals surface area (Å²) in [4.78, 5) is 0. The second-order valence-electron chi connectivity index (χ2n) is 12.0. The van der Waals surface area contributed by atoms with Gasteiger partial charge in [-0.3, -0.25) is 0 Å². The van der Waals surface area contributed by atoms with Gasteiger partial charge in [-0.1, -0.05) is 75.2 Å². The van der Waals surface area contributed by atoms with Crippen molar-refractivity contribution in [3.05, 3.63) is 0 Å². The molecule has 33 heavy (non-hydrogen) atoms. The van der Waals surface area contributed by atoms with E-state index in [-0.39, 0.29) is 16.8 Å². The van der Waals surface area contributed by atoms with Crippen LogP contribution in [0.5, 0.6) is 0 Å². The van der Waals surface area contributed by atoms with Gasteiger partial charge in [0.15, 0.2) is 0 Å². The van der Waals surface area contributed by atoms with E-state index < -0.39 is 0 Å². The maximum absolute atomic E-state index is 5.92. The molecule has 0 bridgehead atoms. The van der Waals surface area contributed by atoms with Crippen LogP contribution in [0.2, 0.25) is 0 Å². The smallest absolute Gasteiger partial charge is 0.0631 e. The highest BCUT2D eigenvalue weighted by atomic mass is 16.5. The van der Waals surface area contributed by atoms with Crippen molar-refractivity contribution >= 4 is 0 Å². The maximum Gasteiger partial charge on any atom is 0.0631 e. The Balaban J connectivity index is -0.000000409. The average Bonchev–Trinajstić information content (AvgIpc) is 2.75. The van der Waals surface area contributed by atoms with Crippen molar-refractivity contribution in [1.82, 2.24) is 0 Å². The van der Waals surface area contributed by atoms with Crippen molar-refractivity contribution in [2.24, 2.45) is 17.8 Å². The molecule has 0 aromatic heterocycles. The average molecular weight is 475 g/mol. The molecule has 2 unspecified atom stereocenters. The van der Waals surface area contributed by atoms with E-state index in [2.05, 4.69) is 104 Å². The zero-order valence-corrected chi connectivity index (χ0v) is 25.8. The topological polar surface area (TPSA) is 27.7 Å². The second-order valence-corrected chi connectivity index (χ2v) is 12.0. The normalized spacial score (nSPS) is 14.2. The Kier molecular flexibility index (Phi) is 22.8. The van der Waals surface area contributed by atoms with Crippen molar-refractivity contribution in [2.45, 2.75) is 159 Å². The van der Waals surface area contributed by atoms with Gasteiger partial charge >= 0.3 is 0 Å². The van der Waals surface area contributed by atoms with Crippen molar-refractivity contribution in [3.8, 4) is 0 Å². The van der Waals surface area contributed by atoms with E-state index in [9.17, 15) is 0 Å². The molecular formula is C30H66O3. The van der Waals surface area contributed by atoms with Crippen LogP contribution < -0.4 is 0 Å². The van der Waals surface area contributed by atoms with Gasteiger partial charge in [-0.2, -0.15) is 0 Å². The fraction of sp³-hybridized carbons (Fsp3) is 1.00. The van der Waals surface area contributed by atoms with Crippen LogP contribution in [-0.2, 0) is 14.2 Å². The van der Waals surface area contributed by atoms with Crippen LogP contribution in [0, 0.1) is 17.8 Å². The van der Waals surface area contributed by atoms with Gasteiger partial charge < -0.3 is 14.2 Å². The standard InChI is InChI=1S/3C10H22O/c1-7-9(3,4)11-10(5,6)8-2;1-6-9(3)8-11-10(4,5)7-2;1-5-10(4)8-11-7-6-9(2)3/h7-8H2,1-6H3;9H,6-8H2,1-5H3;9-10H,5-8H2,1-4H3. The molecule has 0 saturated heterocycles. The third-order valence-electron chi connectivity index (χ3n) is 6.50. The molecule has 0 aliphatic rings. The van der Waals surface area contributed by atoms with Crippen molar-refractivity contribution in [3.63, 3.8) is 0 Å².